The van der Waals surface area contributed by atoms with Crippen molar-refractivity contribution < 1.29 is 0 Å². The third-order valence-electron chi connectivity index (χ3n) is 3.55. The topological polar surface area (TPSA) is 17.8 Å². The molecule has 1 saturated carbocycles. The van der Waals surface area contributed by atoms with Crippen LogP contribution in [0, 0.1) is 11.8 Å². The normalized spacial score (nSPS) is 27.8. The largest absolute Gasteiger partial charge is 0.272 e. The van der Waals surface area contributed by atoms with Crippen molar-refractivity contribution in [1.82, 2.24) is 9.78 Å². The van der Waals surface area contributed by atoms with Gasteiger partial charge in [0.1, 0.15) is 0 Å². The Bertz CT molecular complexity index is 245. The molecule has 0 amide bonds. The fourth-order valence-electron chi connectivity index (χ4n) is 2.50. The Morgan fingerprint density at radius 2 is 1.93 bits per heavy atom. The zero-order chi connectivity index (χ0) is 9.80. The molecule has 1 heterocycles. The lowest BCUT2D eigenvalue weighted by molar-refractivity contribution is 0.242. The molecule has 0 aliphatic heterocycles. The Labute approximate surface area is 86.3 Å². The van der Waals surface area contributed by atoms with Crippen molar-refractivity contribution in [2.45, 2.75) is 45.6 Å². The van der Waals surface area contributed by atoms with E-state index in [0.717, 1.165) is 18.4 Å². The van der Waals surface area contributed by atoms with E-state index in [1.54, 1.807) is 0 Å². The highest BCUT2D eigenvalue weighted by atomic mass is 15.3. The van der Waals surface area contributed by atoms with Gasteiger partial charge in [-0.25, -0.2) is 0 Å². The fourth-order valence-corrected chi connectivity index (χ4v) is 2.50. The maximum absolute atomic E-state index is 4.27. The minimum absolute atomic E-state index is 0.873. The molecule has 1 aromatic rings. The molecule has 0 aromatic carbocycles. The molecule has 0 radical (unpaired) electrons. The average molecular weight is 192 g/mol. The molecule has 2 heteroatoms. The van der Waals surface area contributed by atoms with Gasteiger partial charge in [0.2, 0.25) is 0 Å². The number of nitrogens with zero attached hydrogens (tertiary/aromatic N) is 2. The van der Waals surface area contributed by atoms with Gasteiger partial charge in [0, 0.05) is 18.9 Å². The van der Waals surface area contributed by atoms with Gasteiger partial charge in [0.05, 0.1) is 0 Å². The van der Waals surface area contributed by atoms with Crippen LogP contribution in [0.25, 0.3) is 0 Å². The summed E-state index contributed by atoms with van der Waals surface area (Å²) in [7, 11) is 0. The van der Waals surface area contributed by atoms with Crippen molar-refractivity contribution in [2.24, 2.45) is 11.8 Å². The minimum atomic E-state index is 0.873. The molecule has 1 aliphatic rings. The van der Waals surface area contributed by atoms with Gasteiger partial charge in [0.25, 0.3) is 0 Å². The summed E-state index contributed by atoms with van der Waals surface area (Å²) in [5.74, 6) is 1.88. The SMILES string of the molecule is CCC1CCC(Cn2cccn2)CC1. The van der Waals surface area contributed by atoms with Gasteiger partial charge < -0.3 is 0 Å². The Morgan fingerprint density at radius 3 is 2.50 bits per heavy atom. The first kappa shape index (κ1) is 9.75. The highest BCUT2D eigenvalue weighted by Crippen LogP contribution is 2.31. The van der Waals surface area contributed by atoms with E-state index in [1.165, 1.54) is 32.1 Å². The van der Waals surface area contributed by atoms with Crippen LogP contribution in [0.3, 0.4) is 0 Å². The molecule has 1 fully saturated rings. The smallest absolute Gasteiger partial charge is 0.0489 e. The van der Waals surface area contributed by atoms with E-state index in [4.69, 9.17) is 0 Å². The van der Waals surface area contributed by atoms with Crippen LogP contribution in [0.5, 0.6) is 0 Å². The Morgan fingerprint density at radius 1 is 1.21 bits per heavy atom. The predicted octanol–water partition coefficient (Wildman–Crippen LogP) is 3.10. The lowest BCUT2D eigenvalue weighted by atomic mass is 9.81. The maximum atomic E-state index is 4.27. The quantitative estimate of drug-likeness (QED) is 0.719. The minimum Gasteiger partial charge on any atom is -0.272 e. The zero-order valence-corrected chi connectivity index (χ0v) is 9.02. The Balaban J connectivity index is 1.79. The predicted molar refractivity (Wildman–Crippen MR) is 58.0 cm³/mol. The van der Waals surface area contributed by atoms with Crippen molar-refractivity contribution in [3.05, 3.63) is 18.5 Å². The molecule has 0 spiro atoms. The van der Waals surface area contributed by atoms with Crippen LogP contribution in [-0.2, 0) is 6.54 Å². The van der Waals surface area contributed by atoms with Crippen LogP contribution in [0.2, 0.25) is 0 Å². The maximum Gasteiger partial charge on any atom is 0.0489 e. The summed E-state index contributed by atoms with van der Waals surface area (Å²) in [5.41, 5.74) is 0. The molecule has 1 aliphatic carbocycles. The van der Waals surface area contributed by atoms with Gasteiger partial charge >= 0.3 is 0 Å². The van der Waals surface area contributed by atoms with Crippen LogP contribution >= 0.6 is 0 Å². The van der Waals surface area contributed by atoms with Crippen molar-refractivity contribution in [3.63, 3.8) is 0 Å². The molecule has 0 N–H and O–H groups in total. The van der Waals surface area contributed by atoms with Crippen molar-refractivity contribution in [1.29, 1.82) is 0 Å². The van der Waals surface area contributed by atoms with Crippen LogP contribution < -0.4 is 0 Å². The van der Waals surface area contributed by atoms with Gasteiger partial charge in [-0.15, -0.1) is 0 Å². The third kappa shape index (κ3) is 2.37. The van der Waals surface area contributed by atoms with E-state index in [2.05, 4.69) is 22.9 Å². The average Bonchev–Trinajstić information content (AvgIpc) is 2.72. The second-order valence-electron chi connectivity index (χ2n) is 4.52. The number of hydrogen-bond acceptors (Lipinski definition) is 1. The third-order valence-corrected chi connectivity index (χ3v) is 3.55. The summed E-state index contributed by atoms with van der Waals surface area (Å²) >= 11 is 0. The summed E-state index contributed by atoms with van der Waals surface area (Å²) in [6.07, 6.45) is 11.0. The van der Waals surface area contributed by atoms with Gasteiger partial charge in [0.15, 0.2) is 0 Å². The molecule has 0 unspecified atom stereocenters. The monoisotopic (exact) mass is 192 g/mol. The molecule has 14 heavy (non-hydrogen) atoms. The summed E-state index contributed by atoms with van der Waals surface area (Å²) in [5, 5.41) is 4.27. The fraction of sp³-hybridized carbons (Fsp3) is 0.750. The van der Waals surface area contributed by atoms with Gasteiger partial charge in [-0.05, 0) is 30.7 Å². The van der Waals surface area contributed by atoms with Crippen molar-refractivity contribution in [3.8, 4) is 0 Å². The standard InChI is InChI=1S/C12H20N2/c1-2-11-4-6-12(7-5-11)10-14-9-3-8-13-14/h3,8-9,11-12H,2,4-7,10H2,1H3. The zero-order valence-electron chi connectivity index (χ0n) is 9.02. The molecule has 0 saturated heterocycles. The number of rotatable bonds is 3. The van der Waals surface area contributed by atoms with E-state index in [1.807, 2.05) is 12.3 Å². The van der Waals surface area contributed by atoms with Gasteiger partial charge in [-0.3, -0.25) is 4.68 Å². The molecule has 2 rings (SSSR count). The van der Waals surface area contributed by atoms with Crippen LogP contribution in [0.1, 0.15) is 39.0 Å². The number of hydrogen-bond donors (Lipinski definition) is 0. The van der Waals surface area contributed by atoms with E-state index in [0.29, 0.717) is 0 Å². The Hall–Kier alpha value is -0.790. The second-order valence-corrected chi connectivity index (χ2v) is 4.52. The highest BCUT2D eigenvalue weighted by Gasteiger charge is 2.19. The van der Waals surface area contributed by atoms with Crippen LogP contribution in [0.4, 0.5) is 0 Å². The molecular weight excluding hydrogens is 172 g/mol. The van der Waals surface area contributed by atoms with Crippen molar-refractivity contribution in [2.75, 3.05) is 0 Å². The van der Waals surface area contributed by atoms with Crippen LogP contribution in [0.15, 0.2) is 18.5 Å². The molecule has 0 atom stereocenters. The first-order valence-electron chi connectivity index (χ1n) is 5.86. The molecular formula is C12H20N2. The van der Waals surface area contributed by atoms with Crippen LogP contribution in [-0.4, -0.2) is 9.78 Å². The molecule has 1 aromatic heterocycles. The first-order valence-corrected chi connectivity index (χ1v) is 5.86. The summed E-state index contributed by atoms with van der Waals surface area (Å²) < 4.78 is 2.08. The first-order chi connectivity index (χ1) is 6.88. The van der Waals surface area contributed by atoms with Gasteiger partial charge in [-0.1, -0.05) is 26.2 Å². The summed E-state index contributed by atoms with van der Waals surface area (Å²) in [6, 6.07) is 2.01. The lowest BCUT2D eigenvalue weighted by Crippen LogP contribution is -2.18. The molecule has 2 nitrogen and oxygen atoms in total. The summed E-state index contributed by atoms with van der Waals surface area (Å²) in [6.45, 7) is 3.45. The highest BCUT2D eigenvalue weighted by molar-refractivity contribution is 4.79. The van der Waals surface area contributed by atoms with Gasteiger partial charge in [-0.2, -0.15) is 5.10 Å². The molecule has 78 valence electrons. The lowest BCUT2D eigenvalue weighted by Gasteiger charge is -2.27. The number of aromatic nitrogens is 2. The summed E-state index contributed by atoms with van der Waals surface area (Å²) in [4.78, 5) is 0. The second kappa shape index (κ2) is 4.63. The van der Waals surface area contributed by atoms with Crippen molar-refractivity contribution >= 4 is 0 Å². The van der Waals surface area contributed by atoms with E-state index >= 15 is 0 Å². The Kier molecular flexibility index (Phi) is 3.22. The van der Waals surface area contributed by atoms with E-state index in [-0.39, 0.29) is 0 Å². The molecule has 0 bridgehead atoms. The van der Waals surface area contributed by atoms with E-state index in [9.17, 15) is 0 Å². The van der Waals surface area contributed by atoms with E-state index < -0.39 is 0 Å².